The molecule has 1 amide bonds. The molecule has 1 fully saturated rings. The molecule has 0 aromatic carbocycles. The quantitative estimate of drug-likeness (QED) is 0.610. The smallest absolute Gasteiger partial charge is 0.410 e. The number of amides is 1. The minimum absolute atomic E-state index is 0.0276. The third-order valence-corrected chi connectivity index (χ3v) is 5.08. The van der Waals surface area contributed by atoms with E-state index in [0.29, 0.717) is 19.6 Å². The molecule has 0 spiro atoms. The Bertz CT molecular complexity index is 477. The second-order valence-electron chi connectivity index (χ2n) is 9.22. The summed E-state index contributed by atoms with van der Waals surface area (Å²) < 4.78 is 23.3. The Balaban J connectivity index is 2.68. The predicted octanol–water partition coefficient (Wildman–Crippen LogP) is 3.30. The zero-order valence-electron chi connectivity index (χ0n) is 18.5. The topological polar surface area (TPSA) is 83.3 Å². The molecule has 1 aliphatic rings. The van der Waals surface area contributed by atoms with E-state index in [-0.39, 0.29) is 23.9 Å². The molecule has 0 bridgehead atoms. The zero-order chi connectivity index (χ0) is 20.9. The highest BCUT2D eigenvalue weighted by molar-refractivity contribution is 5.68. The summed E-state index contributed by atoms with van der Waals surface area (Å²) in [4.78, 5) is 14.2. The molecule has 0 aromatic heterocycles. The molecule has 3 unspecified atom stereocenters. The van der Waals surface area contributed by atoms with Crippen molar-refractivity contribution in [3.63, 3.8) is 0 Å². The fourth-order valence-corrected chi connectivity index (χ4v) is 3.13. The highest BCUT2D eigenvalue weighted by Crippen LogP contribution is 2.28. The Labute approximate surface area is 164 Å². The van der Waals surface area contributed by atoms with Crippen molar-refractivity contribution in [2.24, 2.45) is 5.73 Å². The Hall–Kier alpha value is -0.890. The fraction of sp³-hybridized carbons (Fsp3) is 0.950. The summed E-state index contributed by atoms with van der Waals surface area (Å²) in [7, 11) is 1.75. The number of nitrogens with two attached hydrogens (primary N) is 1. The first-order valence-corrected chi connectivity index (χ1v) is 9.90. The molecule has 0 saturated carbocycles. The first kappa shape index (κ1) is 24.1. The minimum atomic E-state index is -0.646. The van der Waals surface area contributed by atoms with Crippen LogP contribution in [0.1, 0.15) is 67.7 Å². The zero-order valence-corrected chi connectivity index (χ0v) is 18.5. The van der Waals surface area contributed by atoms with E-state index in [9.17, 15) is 4.79 Å². The molecule has 3 atom stereocenters. The Morgan fingerprint density at radius 2 is 1.96 bits per heavy atom. The van der Waals surface area contributed by atoms with Gasteiger partial charge < -0.3 is 29.6 Å². The van der Waals surface area contributed by atoms with E-state index in [0.717, 1.165) is 12.8 Å². The van der Waals surface area contributed by atoms with Crippen LogP contribution in [0.15, 0.2) is 0 Å². The molecule has 1 aliphatic heterocycles. The summed E-state index contributed by atoms with van der Waals surface area (Å²) in [5.41, 5.74) is 4.73. The van der Waals surface area contributed by atoms with E-state index in [4.69, 9.17) is 24.7 Å². The van der Waals surface area contributed by atoms with Gasteiger partial charge in [0.1, 0.15) is 6.61 Å². The molecule has 1 saturated heterocycles. The van der Waals surface area contributed by atoms with E-state index in [1.54, 1.807) is 11.9 Å². The van der Waals surface area contributed by atoms with E-state index in [1.807, 2.05) is 48.5 Å². The SMILES string of the molecule is CCC(C)(CCN)N(C)C(=O)OCC(OC1COC(C)(C)C1)OC(C)(C)C. The lowest BCUT2D eigenvalue weighted by molar-refractivity contribution is -0.228. The van der Waals surface area contributed by atoms with Crippen LogP contribution in [0.2, 0.25) is 0 Å². The van der Waals surface area contributed by atoms with Crippen molar-refractivity contribution in [1.82, 2.24) is 4.90 Å². The maximum Gasteiger partial charge on any atom is 0.410 e. The van der Waals surface area contributed by atoms with Gasteiger partial charge in [-0.05, 0) is 60.9 Å². The van der Waals surface area contributed by atoms with Crippen LogP contribution in [0.3, 0.4) is 0 Å². The summed E-state index contributed by atoms with van der Waals surface area (Å²) in [6.07, 6.45) is 1.15. The van der Waals surface area contributed by atoms with Gasteiger partial charge in [-0.25, -0.2) is 4.79 Å². The van der Waals surface area contributed by atoms with Gasteiger partial charge in [-0.2, -0.15) is 0 Å². The van der Waals surface area contributed by atoms with Gasteiger partial charge >= 0.3 is 6.09 Å². The van der Waals surface area contributed by atoms with E-state index in [2.05, 4.69) is 0 Å². The van der Waals surface area contributed by atoms with Gasteiger partial charge in [0.2, 0.25) is 0 Å². The van der Waals surface area contributed by atoms with E-state index < -0.39 is 18.0 Å². The van der Waals surface area contributed by atoms with E-state index >= 15 is 0 Å². The summed E-state index contributed by atoms with van der Waals surface area (Å²) in [6.45, 7) is 15.0. The summed E-state index contributed by atoms with van der Waals surface area (Å²) in [5, 5.41) is 0. The van der Waals surface area contributed by atoms with Crippen LogP contribution < -0.4 is 5.73 Å². The van der Waals surface area contributed by atoms with Crippen molar-refractivity contribution in [2.75, 3.05) is 26.8 Å². The highest BCUT2D eigenvalue weighted by atomic mass is 16.7. The number of hydrogen-bond donors (Lipinski definition) is 1. The molecule has 0 aliphatic carbocycles. The number of nitrogens with zero attached hydrogens (tertiary/aromatic N) is 1. The van der Waals surface area contributed by atoms with Crippen molar-refractivity contribution >= 4 is 6.09 Å². The molecule has 0 aromatic rings. The third kappa shape index (κ3) is 7.94. The van der Waals surface area contributed by atoms with Crippen LogP contribution >= 0.6 is 0 Å². The average molecular weight is 389 g/mol. The van der Waals surface area contributed by atoms with Crippen molar-refractivity contribution in [3.8, 4) is 0 Å². The number of carbonyl (C=O) groups excluding carboxylic acids is 1. The third-order valence-electron chi connectivity index (χ3n) is 5.08. The Kier molecular flexibility index (Phi) is 8.53. The lowest BCUT2D eigenvalue weighted by Crippen LogP contribution is -2.49. The lowest BCUT2D eigenvalue weighted by Gasteiger charge is -2.38. The van der Waals surface area contributed by atoms with Crippen LogP contribution in [0.4, 0.5) is 4.79 Å². The van der Waals surface area contributed by atoms with E-state index in [1.165, 1.54) is 0 Å². The number of ether oxygens (including phenoxy) is 4. The van der Waals surface area contributed by atoms with Gasteiger partial charge in [0, 0.05) is 19.0 Å². The number of hydrogen-bond acceptors (Lipinski definition) is 6. The first-order chi connectivity index (χ1) is 12.3. The maximum absolute atomic E-state index is 12.6. The normalized spacial score (nSPS) is 22.9. The van der Waals surface area contributed by atoms with Gasteiger partial charge in [0.15, 0.2) is 6.29 Å². The molecule has 160 valence electrons. The van der Waals surface area contributed by atoms with Gasteiger partial charge in [-0.3, -0.25) is 0 Å². The molecule has 1 rings (SSSR count). The Morgan fingerprint density at radius 3 is 2.41 bits per heavy atom. The van der Waals surface area contributed by atoms with Crippen LogP contribution in [0.5, 0.6) is 0 Å². The fourth-order valence-electron chi connectivity index (χ4n) is 3.13. The van der Waals surface area contributed by atoms with Crippen molar-refractivity contribution in [2.45, 2.75) is 96.9 Å². The van der Waals surface area contributed by atoms with Crippen LogP contribution in [-0.2, 0) is 18.9 Å². The summed E-state index contributed by atoms with van der Waals surface area (Å²) in [6, 6.07) is 0. The van der Waals surface area contributed by atoms with Crippen LogP contribution in [-0.4, -0.2) is 66.9 Å². The minimum Gasteiger partial charge on any atom is -0.444 e. The van der Waals surface area contributed by atoms with Gasteiger partial charge in [-0.1, -0.05) is 6.92 Å². The molecule has 1 heterocycles. The van der Waals surface area contributed by atoms with Gasteiger partial charge in [0.05, 0.1) is 23.9 Å². The molecular formula is C20H40N2O5. The second kappa shape index (κ2) is 9.54. The molecule has 7 heteroatoms. The van der Waals surface area contributed by atoms with Crippen molar-refractivity contribution in [3.05, 3.63) is 0 Å². The highest BCUT2D eigenvalue weighted by Gasteiger charge is 2.36. The standard InChI is InChI=1S/C20H40N2O5/c1-9-20(7,10-11-21)22(8)17(23)24-14-16(27-18(2,3)4)26-15-12-19(5,6)25-13-15/h15-16H,9-14,21H2,1-8H3. The maximum atomic E-state index is 12.6. The largest absolute Gasteiger partial charge is 0.444 e. The monoisotopic (exact) mass is 388 g/mol. The Morgan fingerprint density at radius 1 is 1.33 bits per heavy atom. The van der Waals surface area contributed by atoms with Gasteiger partial charge in [-0.15, -0.1) is 0 Å². The number of carbonyl (C=O) groups is 1. The molecule has 2 N–H and O–H groups in total. The van der Waals surface area contributed by atoms with Crippen LogP contribution in [0, 0.1) is 0 Å². The predicted molar refractivity (Wildman–Crippen MR) is 106 cm³/mol. The lowest BCUT2D eigenvalue weighted by atomic mass is 9.93. The second-order valence-corrected chi connectivity index (χ2v) is 9.22. The first-order valence-electron chi connectivity index (χ1n) is 9.90. The summed E-state index contributed by atoms with van der Waals surface area (Å²) >= 11 is 0. The average Bonchev–Trinajstić information content (AvgIpc) is 2.88. The van der Waals surface area contributed by atoms with Crippen molar-refractivity contribution in [1.29, 1.82) is 0 Å². The van der Waals surface area contributed by atoms with Crippen LogP contribution in [0.25, 0.3) is 0 Å². The van der Waals surface area contributed by atoms with Crippen molar-refractivity contribution < 1.29 is 23.7 Å². The summed E-state index contributed by atoms with van der Waals surface area (Å²) in [5.74, 6) is 0. The molecule has 27 heavy (non-hydrogen) atoms. The molecule has 7 nitrogen and oxygen atoms in total. The molecule has 0 radical (unpaired) electrons. The molecular weight excluding hydrogens is 348 g/mol. The van der Waals surface area contributed by atoms with Gasteiger partial charge in [0.25, 0.3) is 0 Å². The number of rotatable bonds is 9.